The molecule has 5 aliphatic rings. The Morgan fingerprint density at radius 3 is 1.32 bits per heavy atom. The minimum atomic E-state index is -0.0156. The first-order valence-corrected chi connectivity index (χ1v) is 24.6. The fourth-order valence-corrected chi connectivity index (χ4v) is 10.4. The Hall–Kier alpha value is 5.21. The Bertz CT molecular complexity index is 2270. The van der Waals surface area contributed by atoms with Gasteiger partial charge in [0.1, 0.15) is 0 Å². The zero-order chi connectivity index (χ0) is 45.7. The predicted octanol–water partition coefficient (Wildman–Crippen LogP) is 17.8. The van der Waals surface area contributed by atoms with Gasteiger partial charge in [0.05, 0.1) is 11.8 Å². The summed E-state index contributed by atoms with van der Waals surface area (Å²) in [5.41, 5.74) is 19.6. The molecule has 73 heavy (non-hydrogen) atoms. The zero-order valence-electron chi connectivity index (χ0n) is 49.2. The molecule has 5 aromatic rings. The molecule has 0 amide bonds. The summed E-state index contributed by atoms with van der Waals surface area (Å²) in [6.07, 6.45) is 13.7. The number of benzene rings is 4. The van der Waals surface area contributed by atoms with Crippen LogP contribution >= 0.6 is 0 Å². The second-order valence-corrected chi connectivity index (χ2v) is 15.7. The second-order valence-electron chi connectivity index (χ2n) is 15.7. The fourth-order valence-electron chi connectivity index (χ4n) is 10.4. The van der Waals surface area contributed by atoms with Gasteiger partial charge in [0, 0.05) is 349 Å². The molecule has 0 saturated carbocycles. The molecule has 0 spiro atoms. The number of allylic oxidation sites excluding steroid dienone is 1. The smallest absolute Gasteiger partial charge is 0.189 e. The van der Waals surface area contributed by atoms with E-state index < -0.39 is 0 Å². The van der Waals surface area contributed by atoms with Crippen LogP contribution in [0.1, 0.15) is 187 Å². The zero-order valence-corrected chi connectivity index (χ0v) is 59.1. The number of nitrogens with zero attached hydrogens (tertiary/aromatic N) is 2. The third-order valence-electron chi connectivity index (χ3n) is 12.8. The van der Waals surface area contributed by atoms with E-state index in [1.807, 2.05) is 83.1 Å². The molecule has 2 radical (unpaired) electrons. The Balaban J connectivity index is -0.0000000992. The van der Waals surface area contributed by atoms with Crippen molar-refractivity contribution in [3.05, 3.63) is 189 Å². The number of hydrogen-bond acceptors (Lipinski definition) is 0. The normalized spacial score (nSPS) is 15.2. The molecule has 2 nitrogen and oxygen atoms in total. The average molecular weight is 1300 g/mol. The van der Waals surface area contributed by atoms with E-state index in [9.17, 15) is 0 Å². The Morgan fingerprint density at radius 2 is 0.863 bits per heavy atom. The van der Waals surface area contributed by atoms with Crippen LogP contribution in [-0.4, -0.2) is 16.8 Å². The van der Waals surface area contributed by atoms with Gasteiger partial charge in [-0.2, -0.15) is 4.57 Å². The van der Waals surface area contributed by atoms with Gasteiger partial charge in [0.2, 0.25) is 0 Å². The standard InChI is InChI=1S/C24H24N.C23H24N.6C2H6.4CH3.6Ar.2Y/c1-4-16-9-7-10-17-18-11-8-12-21-23(18)20(15-19(16)17)22-13-5-6-14-25(22)24(21,2)3;1-4-15-8-5-9-16-17-10-6-11-20-22(17)19(14-18(15)16)21-12-7-13-24(21)23(20,2)3;6*1-2;;;;;;;;;;;;/h5-14,20H,4,15H2,1-3H3;5-13,19,21H,4,14H2,1-3H3;6*1-2H3;4*1H3;;;;;;;;/q2*+1;;;;;;;4*-1;;;;;;;;. The van der Waals surface area contributed by atoms with Crippen LogP contribution < -0.4 is 4.57 Å². The summed E-state index contributed by atoms with van der Waals surface area (Å²) in [5, 5.41) is 0. The second kappa shape index (κ2) is 50.5. The van der Waals surface area contributed by atoms with Crippen LogP contribution in [0.2, 0.25) is 0 Å². The number of rotatable bonds is 2. The first-order valence-electron chi connectivity index (χ1n) is 24.6. The first-order chi connectivity index (χ1) is 29.8. The van der Waals surface area contributed by atoms with E-state index in [1.165, 1.54) is 56.6 Å². The van der Waals surface area contributed by atoms with Crippen molar-refractivity contribution in [2.45, 2.75) is 179 Å². The summed E-state index contributed by atoms with van der Waals surface area (Å²) in [7, 11) is 0. The quantitative estimate of drug-likeness (QED) is 0.123. The van der Waals surface area contributed by atoms with Crippen molar-refractivity contribution in [3.63, 3.8) is 0 Å². The molecular weight excluding hydrogens is 1200 g/mol. The maximum Gasteiger partial charge on any atom is 0.189 e. The predicted molar refractivity (Wildman–Crippen MR) is 296 cm³/mol. The molecular formula is C63H96Ar6N2Y2-2. The molecule has 10 heteroatoms. The summed E-state index contributed by atoms with van der Waals surface area (Å²) >= 11 is 0. The van der Waals surface area contributed by atoms with Gasteiger partial charge in [-0.1, -0.05) is 176 Å². The van der Waals surface area contributed by atoms with Crippen LogP contribution in [0.5, 0.6) is 0 Å². The van der Waals surface area contributed by atoms with Gasteiger partial charge in [-0.05, 0) is 87.4 Å². The average Bonchev–Trinajstić information content (AvgIpc) is 3.85. The van der Waals surface area contributed by atoms with Crippen LogP contribution in [-0.2, 0) is 102 Å². The number of hydrogen-bond donors (Lipinski definition) is 0. The van der Waals surface area contributed by atoms with Crippen LogP contribution in [0.4, 0.5) is 0 Å². The van der Waals surface area contributed by atoms with Crippen LogP contribution in [0.25, 0.3) is 22.3 Å². The Labute approximate surface area is 683 Å². The summed E-state index contributed by atoms with van der Waals surface area (Å²) in [6, 6.07) is 34.8. The monoisotopic (exact) mass is 1300 g/mol. The van der Waals surface area contributed by atoms with Gasteiger partial charge in [0.25, 0.3) is 0 Å². The summed E-state index contributed by atoms with van der Waals surface area (Å²) < 4.78 is 5.06. The van der Waals surface area contributed by atoms with Gasteiger partial charge >= 0.3 is 0 Å². The van der Waals surface area contributed by atoms with E-state index in [4.69, 9.17) is 0 Å². The molecule has 3 aliphatic heterocycles. The van der Waals surface area contributed by atoms with Gasteiger partial charge in [0.15, 0.2) is 35.2 Å². The van der Waals surface area contributed by atoms with E-state index in [1.54, 1.807) is 22.3 Å². The molecule has 4 aromatic carbocycles. The van der Waals surface area contributed by atoms with Gasteiger partial charge in [-0.25, -0.2) is 4.58 Å². The maximum atomic E-state index is 2.57. The number of aromatic nitrogens is 1. The third-order valence-corrected chi connectivity index (χ3v) is 12.8. The molecule has 3 atom stereocenters. The van der Waals surface area contributed by atoms with Gasteiger partial charge in [-0.15, -0.1) is 0 Å². The molecule has 0 bridgehead atoms. The molecule has 3 unspecified atom stereocenters. The minimum Gasteiger partial charge on any atom is -0.358 e. The van der Waals surface area contributed by atoms with E-state index in [2.05, 4.69) is 166 Å². The van der Waals surface area contributed by atoms with Crippen molar-refractivity contribution >= 4 is 6.21 Å². The molecule has 10 rings (SSSR count). The molecule has 4 heterocycles. The van der Waals surface area contributed by atoms with Crippen molar-refractivity contribution in [1.82, 2.24) is 0 Å². The molecule has 2 aliphatic carbocycles. The summed E-state index contributed by atoms with van der Waals surface area (Å²) in [4.78, 5) is 0. The molecule has 0 N–H and O–H groups in total. The van der Waals surface area contributed by atoms with Crippen LogP contribution in [0.15, 0.2) is 109 Å². The van der Waals surface area contributed by atoms with Crippen molar-refractivity contribution in [2.75, 3.05) is 0 Å². The van der Waals surface area contributed by atoms with Crippen molar-refractivity contribution in [2.24, 2.45) is 0 Å². The van der Waals surface area contributed by atoms with E-state index >= 15 is 0 Å². The van der Waals surface area contributed by atoms with Crippen molar-refractivity contribution < 1.29 is 301 Å². The van der Waals surface area contributed by atoms with E-state index in [-0.39, 0.29) is 333 Å². The largest absolute Gasteiger partial charge is 0.358 e. The van der Waals surface area contributed by atoms with Crippen LogP contribution in [0, 0.1) is 256 Å². The summed E-state index contributed by atoms with van der Waals surface area (Å²) in [6.45, 7) is 38.0. The van der Waals surface area contributed by atoms with Crippen LogP contribution in [0.3, 0.4) is 0 Å². The Morgan fingerprint density at radius 1 is 0.466 bits per heavy atom. The number of fused-ring (bicyclic) bond motifs is 8. The first kappa shape index (κ1) is 100. The minimum absolute atomic E-state index is 0. The molecule has 0 fully saturated rings. The van der Waals surface area contributed by atoms with Gasteiger partial charge < -0.3 is 29.7 Å². The maximum absolute atomic E-state index is 2.57. The van der Waals surface area contributed by atoms with Crippen molar-refractivity contribution in [1.29, 1.82) is 0 Å². The summed E-state index contributed by atoms with van der Waals surface area (Å²) in [5.74, 6) is 1.03. The molecule has 0 saturated heterocycles. The van der Waals surface area contributed by atoms with E-state index in [0.717, 1.165) is 19.3 Å². The molecule has 1 aromatic heterocycles. The SMILES string of the molecule is CC.CC.CC.CC.CC.CC.CCc1cccc2c1CC1c3c-2cccc3C(C)(C)[N+]2=CC=CC12.CCc1cccc2c1CC1c3c-2cccc3C(C)(C)[n+]2ccccc21.[Ar].[Ar].[Ar].[Ar].[Ar].[Ar].[CH3-].[CH3-].[CH3-].[CH3-].[Y].[Y]. The fraction of sp³-hybridized carbons (Fsp3) is 0.429. The molecule has 414 valence electrons. The van der Waals surface area contributed by atoms with Crippen molar-refractivity contribution in [3.8, 4) is 22.3 Å². The third kappa shape index (κ3) is 21.6. The van der Waals surface area contributed by atoms with Gasteiger partial charge in [-0.3, -0.25) is 0 Å². The number of pyridine rings is 1. The van der Waals surface area contributed by atoms with E-state index in [0.29, 0.717) is 17.9 Å². The Kier molecular flexibility index (Phi) is 69.4. The number of aryl methyl sites for hydroxylation is 2. The topological polar surface area (TPSA) is 6.89 Å².